The van der Waals surface area contributed by atoms with Crippen LogP contribution in [-0.2, 0) is 4.74 Å². The fraction of sp³-hybridized carbons (Fsp3) is 1.00. The van der Waals surface area contributed by atoms with Gasteiger partial charge in [0, 0.05) is 12.3 Å². The summed E-state index contributed by atoms with van der Waals surface area (Å²) in [5.41, 5.74) is 0. The third kappa shape index (κ3) is 1.64. The third-order valence-electron chi connectivity index (χ3n) is 1.65. The summed E-state index contributed by atoms with van der Waals surface area (Å²) < 4.78 is 4.86. The molecule has 0 saturated carbocycles. The lowest BCUT2D eigenvalue weighted by atomic mass is 10.0. The van der Waals surface area contributed by atoms with Crippen LogP contribution in [-0.4, -0.2) is 29.2 Å². The first-order valence-corrected chi connectivity index (χ1v) is 3.18. The van der Waals surface area contributed by atoms with E-state index in [2.05, 4.69) is 0 Å². The Balaban J connectivity index is 2.35. The first-order chi connectivity index (χ1) is 4.20. The highest BCUT2D eigenvalue weighted by Crippen LogP contribution is 2.16. The molecular weight excluding hydrogens is 120 g/mol. The molecule has 54 valence electrons. The molecule has 3 heteroatoms. The quantitative estimate of drug-likeness (QED) is 0.476. The normalized spacial score (nSPS) is 45.0. The van der Waals surface area contributed by atoms with Crippen molar-refractivity contribution >= 4 is 0 Å². The molecular formula is C6H12O3. The summed E-state index contributed by atoms with van der Waals surface area (Å²) in [6, 6.07) is 0. The van der Waals surface area contributed by atoms with Crippen molar-refractivity contribution < 1.29 is 14.9 Å². The van der Waals surface area contributed by atoms with Crippen LogP contribution in [0.5, 0.6) is 0 Å². The van der Waals surface area contributed by atoms with E-state index in [1.54, 1.807) is 0 Å². The van der Waals surface area contributed by atoms with Gasteiger partial charge in [-0.05, 0) is 0 Å². The molecule has 9 heavy (non-hydrogen) atoms. The van der Waals surface area contributed by atoms with Crippen LogP contribution in [0.3, 0.4) is 0 Å². The summed E-state index contributed by atoms with van der Waals surface area (Å²) in [7, 11) is 0. The Labute approximate surface area is 54.3 Å². The van der Waals surface area contributed by atoms with Crippen LogP contribution in [0, 0.1) is 5.92 Å². The lowest BCUT2D eigenvalue weighted by Gasteiger charge is -2.27. The molecule has 3 nitrogen and oxygen atoms in total. The Hall–Kier alpha value is -0.120. The van der Waals surface area contributed by atoms with Crippen molar-refractivity contribution in [3.05, 3.63) is 0 Å². The van der Waals surface area contributed by atoms with Crippen molar-refractivity contribution in [1.82, 2.24) is 0 Å². The largest absolute Gasteiger partial charge is 0.393 e. The summed E-state index contributed by atoms with van der Waals surface area (Å²) >= 11 is 0. The highest BCUT2D eigenvalue weighted by Gasteiger charge is 2.24. The second kappa shape index (κ2) is 2.64. The molecule has 0 bridgehead atoms. The molecule has 0 aromatic carbocycles. The van der Waals surface area contributed by atoms with E-state index in [9.17, 15) is 0 Å². The third-order valence-corrected chi connectivity index (χ3v) is 1.65. The minimum Gasteiger partial charge on any atom is -0.393 e. The van der Waals surface area contributed by atoms with E-state index >= 15 is 0 Å². The van der Waals surface area contributed by atoms with E-state index in [1.165, 1.54) is 0 Å². The fourth-order valence-corrected chi connectivity index (χ4v) is 0.881. The van der Waals surface area contributed by atoms with Gasteiger partial charge < -0.3 is 14.9 Å². The van der Waals surface area contributed by atoms with Crippen molar-refractivity contribution in [2.45, 2.75) is 25.7 Å². The number of aliphatic hydroxyl groups excluding tert-OH is 2. The maximum Gasteiger partial charge on any atom is 0.157 e. The molecule has 2 N–H and O–H groups in total. The Morgan fingerprint density at radius 1 is 1.44 bits per heavy atom. The van der Waals surface area contributed by atoms with Gasteiger partial charge in [-0.2, -0.15) is 0 Å². The van der Waals surface area contributed by atoms with Gasteiger partial charge in [-0.1, -0.05) is 6.92 Å². The first kappa shape index (κ1) is 6.99. The van der Waals surface area contributed by atoms with Crippen molar-refractivity contribution in [1.29, 1.82) is 0 Å². The SMILES string of the molecule is C[C@@H]1COC(O)C[C@@H]1O. The summed E-state index contributed by atoms with van der Waals surface area (Å²) in [6.07, 6.45) is -0.800. The minimum absolute atomic E-state index is 0.161. The molecule has 1 aliphatic heterocycles. The molecule has 1 heterocycles. The predicted molar refractivity (Wildman–Crippen MR) is 31.7 cm³/mol. The Kier molecular flexibility index (Phi) is 2.05. The van der Waals surface area contributed by atoms with E-state index < -0.39 is 12.4 Å². The zero-order chi connectivity index (χ0) is 6.85. The zero-order valence-corrected chi connectivity index (χ0v) is 5.45. The van der Waals surface area contributed by atoms with Crippen LogP contribution in [0.4, 0.5) is 0 Å². The van der Waals surface area contributed by atoms with Crippen LogP contribution < -0.4 is 0 Å². The highest BCUT2D eigenvalue weighted by atomic mass is 16.6. The van der Waals surface area contributed by atoms with Crippen molar-refractivity contribution in [3.8, 4) is 0 Å². The molecule has 0 aliphatic carbocycles. The number of ether oxygens (including phenoxy) is 1. The van der Waals surface area contributed by atoms with Gasteiger partial charge in [0.15, 0.2) is 6.29 Å². The van der Waals surface area contributed by atoms with Gasteiger partial charge in [0.2, 0.25) is 0 Å². The summed E-state index contributed by atoms with van der Waals surface area (Å²) in [5, 5.41) is 17.9. The highest BCUT2D eigenvalue weighted by molar-refractivity contribution is 4.69. The zero-order valence-electron chi connectivity index (χ0n) is 5.45. The van der Waals surface area contributed by atoms with Crippen molar-refractivity contribution in [3.63, 3.8) is 0 Å². The van der Waals surface area contributed by atoms with Gasteiger partial charge in [-0.25, -0.2) is 0 Å². The maximum absolute atomic E-state index is 9.11. The van der Waals surface area contributed by atoms with Gasteiger partial charge >= 0.3 is 0 Å². The second-order valence-electron chi connectivity index (χ2n) is 2.57. The lowest BCUT2D eigenvalue weighted by molar-refractivity contribution is -0.172. The van der Waals surface area contributed by atoms with Gasteiger partial charge in [0.05, 0.1) is 12.7 Å². The molecule has 1 saturated heterocycles. The van der Waals surface area contributed by atoms with Gasteiger partial charge in [-0.15, -0.1) is 0 Å². The molecule has 1 fully saturated rings. The topological polar surface area (TPSA) is 49.7 Å². The minimum atomic E-state index is -0.754. The molecule has 0 aromatic rings. The van der Waals surface area contributed by atoms with E-state index in [4.69, 9.17) is 14.9 Å². The van der Waals surface area contributed by atoms with Crippen LogP contribution >= 0.6 is 0 Å². The van der Waals surface area contributed by atoms with E-state index in [-0.39, 0.29) is 5.92 Å². The van der Waals surface area contributed by atoms with E-state index in [0.29, 0.717) is 13.0 Å². The standard InChI is InChI=1S/C6H12O3/c1-4-3-9-6(8)2-5(4)7/h4-8H,2-3H2,1H3/t4-,5+,6?/m1/s1. The number of hydrogen-bond donors (Lipinski definition) is 2. The van der Waals surface area contributed by atoms with Crippen LogP contribution in [0.25, 0.3) is 0 Å². The number of rotatable bonds is 0. The summed E-state index contributed by atoms with van der Waals surface area (Å²) in [6.45, 7) is 2.36. The van der Waals surface area contributed by atoms with E-state index in [0.717, 1.165) is 0 Å². The van der Waals surface area contributed by atoms with Crippen molar-refractivity contribution in [2.75, 3.05) is 6.61 Å². The summed E-state index contributed by atoms with van der Waals surface area (Å²) in [4.78, 5) is 0. The molecule has 0 spiro atoms. The Morgan fingerprint density at radius 2 is 2.11 bits per heavy atom. The van der Waals surface area contributed by atoms with E-state index in [1.807, 2.05) is 6.92 Å². The fourth-order valence-electron chi connectivity index (χ4n) is 0.881. The van der Waals surface area contributed by atoms with Gasteiger partial charge in [0.1, 0.15) is 0 Å². The van der Waals surface area contributed by atoms with Gasteiger partial charge in [0.25, 0.3) is 0 Å². The average molecular weight is 132 g/mol. The molecule has 0 radical (unpaired) electrons. The average Bonchev–Trinajstić information content (AvgIpc) is 1.80. The second-order valence-corrected chi connectivity index (χ2v) is 2.57. The Morgan fingerprint density at radius 3 is 2.56 bits per heavy atom. The van der Waals surface area contributed by atoms with Gasteiger partial charge in [-0.3, -0.25) is 0 Å². The van der Waals surface area contributed by atoms with Crippen LogP contribution in [0.1, 0.15) is 13.3 Å². The molecule has 1 aliphatic rings. The van der Waals surface area contributed by atoms with Crippen LogP contribution in [0.2, 0.25) is 0 Å². The monoisotopic (exact) mass is 132 g/mol. The smallest absolute Gasteiger partial charge is 0.157 e. The first-order valence-electron chi connectivity index (χ1n) is 3.18. The van der Waals surface area contributed by atoms with Crippen molar-refractivity contribution in [2.24, 2.45) is 5.92 Å². The number of aliphatic hydroxyl groups is 2. The molecule has 3 atom stereocenters. The number of hydrogen-bond acceptors (Lipinski definition) is 3. The maximum atomic E-state index is 9.11. The Bertz CT molecular complexity index is 94.3. The van der Waals surface area contributed by atoms with Crippen LogP contribution in [0.15, 0.2) is 0 Å². The lowest BCUT2D eigenvalue weighted by Crippen LogP contribution is -2.35. The molecule has 1 unspecified atom stereocenters. The molecule has 1 rings (SSSR count). The predicted octanol–water partition coefficient (Wildman–Crippen LogP) is -0.278. The molecule has 0 aromatic heterocycles. The molecule has 0 amide bonds. The summed E-state index contributed by atoms with van der Waals surface area (Å²) in [5.74, 6) is 0.161.